The van der Waals surface area contributed by atoms with Crippen LogP contribution in [0.15, 0.2) is 24.3 Å². The van der Waals surface area contributed by atoms with Gasteiger partial charge in [-0.1, -0.05) is 18.2 Å². The van der Waals surface area contributed by atoms with Crippen LogP contribution < -0.4 is 4.74 Å². The number of amides is 1. The highest BCUT2D eigenvalue weighted by Gasteiger charge is 2.48. The largest absolute Gasteiger partial charge is 0.573 e. The van der Waals surface area contributed by atoms with Crippen molar-refractivity contribution in [2.75, 3.05) is 24.6 Å². The summed E-state index contributed by atoms with van der Waals surface area (Å²) in [5.41, 5.74) is 0.420. The van der Waals surface area contributed by atoms with Crippen LogP contribution in [0.5, 0.6) is 5.75 Å². The van der Waals surface area contributed by atoms with Crippen LogP contribution in [0.1, 0.15) is 17.9 Å². The van der Waals surface area contributed by atoms with Gasteiger partial charge in [0.2, 0.25) is 5.91 Å². The van der Waals surface area contributed by atoms with Crippen LogP contribution in [0.4, 0.5) is 13.2 Å². The van der Waals surface area contributed by atoms with Crippen molar-refractivity contribution in [3.05, 3.63) is 29.8 Å². The lowest BCUT2D eigenvalue weighted by Crippen LogP contribution is -2.42. The molecule has 8 heteroatoms. The summed E-state index contributed by atoms with van der Waals surface area (Å²) in [5.74, 6) is 0.0925. The molecule has 2 fully saturated rings. The molecule has 0 N–H and O–H groups in total. The number of rotatable bonds is 3. The van der Waals surface area contributed by atoms with Gasteiger partial charge in [0, 0.05) is 41.3 Å². The predicted octanol–water partition coefficient (Wildman–Crippen LogP) is 2.28. The molecule has 0 unspecified atom stereocenters. The number of hydrogen-bond acceptors (Lipinski definition) is 3. The lowest BCUT2D eigenvalue weighted by atomic mass is 10.1. The van der Waals surface area contributed by atoms with Gasteiger partial charge in [0.25, 0.3) is 0 Å². The van der Waals surface area contributed by atoms with Gasteiger partial charge in [-0.25, -0.2) is 0 Å². The van der Waals surface area contributed by atoms with E-state index < -0.39 is 17.2 Å². The van der Waals surface area contributed by atoms with E-state index in [9.17, 15) is 22.2 Å². The molecule has 23 heavy (non-hydrogen) atoms. The molecule has 1 heterocycles. The summed E-state index contributed by atoms with van der Waals surface area (Å²) in [7, 11) is -0.869. The Morgan fingerprint density at radius 2 is 1.87 bits per heavy atom. The van der Waals surface area contributed by atoms with E-state index in [2.05, 4.69) is 4.74 Å². The van der Waals surface area contributed by atoms with E-state index in [1.165, 1.54) is 12.1 Å². The summed E-state index contributed by atoms with van der Waals surface area (Å²) < 4.78 is 52.8. The lowest BCUT2D eigenvalue weighted by molar-refractivity contribution is -0.274. The second-order valence-corrected chi connectivity index (χ2v) is 7.40. The van der Waals surface area contributed by atoms with Crippen molar-refractivity contribution in [3.8, 4) is 5.75 Å². The second-order valence-electron chi connectivity index (χ2n) is 5.71. The highest BCUT2D eigenvalue weighted by atomic mass is 32.2. The van der Waals surface area contributed by atoms with Crippen LogP contribution >= 0.6 is 0 Å². The standard InChI is InChI=1S/C15H16F3NO3S/c16-15(17,18)22-13-4-2-1-3-10(13)11-9-12(11)14(20)19-5-7-23(21)8-6-19/h1-4,11-12H,5-9H2/t11-,12+/m1/s1. The fourth-order valence-corrected chi connectivity index (χ4v) is 3.96. The maximum absolute atomic E-state index is 12.5. The third-order valence-electron chi connectivity index (χ3n) is 4.14. The molecule has 2 atom stereocenters. The van der Waals surface area contributed by atoms with E-state index in [-0.39, 0.29) is 23.5 Å². The van der Waals surface area contributed by atoms with Crippen LogP contribution in [0.3, 0.4) is 0 Å². The zero-order chi connectivity index (χ0) is 16.6. The Labute approximate surface area is 134 Å². The van der Waals surface area contributed by atoms with Gasteiger partial charge in [0.1, 0.15) is 5.75 Å². The Hall–Kier alpha value is -1.57. The van der Waals surface area contributed by atoms with Crippen molar-refractivity contribution < 1.29 is 26.9 Å². The number of alkyl halides is 3. The third kappa shape index (κ3) is 3.85. The molecule has 4 nitrogen and oxygen atoms in total. The number of carbonyl (C=O) groups excluding carboxylic acids is 1. The topological polar surface area (TPSA) is 46.6 Å². The second kappa shape index (κ2) is 6.14. The highest BCUT2D eigenvalue weighted by Crippen LogP contribution is 2.51. The molecule has 0 aromatic heterocycles. The molecule has 1 aliphatic carbocycles. The summed E-state index contributed by atoms with van der Waals surface area (Å²) in [6, 6.07) is 5.96. The minimum atomic E-state index is -4.75. The van der Waals surface area contributed by atoms with Crippen LogP contribution in [0, 0.1) is 5.92 Å². The lowest BCUT2D eigenvalue weighted by Gasteiger charge is -2.26. The molecule has 1 aromatic carbocycles. The van der Waals surface area contributed by atoms with Gasteiger partial charge in [-0.3, -0.25) is 9.00 Å². The van der Waals surface area contributed by atoms with Gasteiger partial charge >= 0.3 is 6.36 Å². The van der Waals surface area contributed by atoms with Crippen molar-refractivity contribution >= 4 is 16.7 Å². The minimum absolute atomic E-state index is 0.0616. The van der Waals surface area contributed by atoms with Gasteiger partial charge in [-0.2, -0.15) is 0 Å². The number of halogens is 3. The summed E-state index contributed by atoms with van der Waals surface area (Å²) in [5, 5.41) is 0. The Bertz CT molecular complexity index is 625. The summed E-state index contributed by atoms with van der Waals surface area (Å²) >= 11 is 0. The molecule has 1 aromatic rings. The molecule has 3 rings (SSSR count). The van der Waals surface area contributed by atoms with Gasteiger partial charge in [-0.15, -0.1) is 13.2 Å². The average Bonchev–Trinajstić information content (AvgIpc) is 3.26. The summed E-state index contributed by atoms with van der Waals surface area (Å²) in [6.07, 6.45) is -4.22. The van der Waals surface area contributed by atoms with Crippen molar-refractivity contribution in [1.82, 2.24) is 4.90 Å². The maximum atomic E-state index is 12.5. The van der Waals surface area contributed by atoms with Crippen molar-refractivity contribution in [1.29, 1.82) is 0 Å². The Kier molecular flexibility index (Phi) is 4.35. The SMILES string of the molecule is O=C([C@H]1C[C@@H]1c1ccccc1OC(F)(F)F)N1CCS(=O)CC1. The molecule has 126 valence electrons. The molecule has 1 saturated carbocycles. The Morgan fingerprint density at radius 3 is 2.52 bits per heavy atom. The molecular formula is C15H16F3NO3S. The van der Waals surface area contributed by atoms with Crippen LogP contribution in [-0.2, 0) is 15.6 Å². The monoisotopic (exact) mass is 347 g/mol. The van der Waals surface area contributed by atoms with Gasteiger partial charge in [-0.05, 0) is 24.0 Å². The molecule has 0 radical (unpaired) electrons. The maximum Gasteiger partial charge on any atom is 0.573 e. The number of carbonyl (C=O) groups is 1. The van der Waals surface area contributed by atoms with Crippen molar-refractivity contribution in [2.45, 2.75) is 18.7 Å². The van der Waals surface area contributed by atoms with Gasteiger partial charge < -0.3 is 9.64 Å². The van der Waals surface area contributed by atoms with Gasteiger partial charge in [0.05, 0.1) is 0 Å². The fourth-order valence-electron chi connectivity index (χ4n) is 2.91. The molecular weight excluding hydrogens is 331 g/mol. The number of hydrogen-bond donors (Lipinski definition) is 0. The normalized spacial score (nSPS) is 25.3. The third-order valence-corrected chi connectivity index (χ3v) is 5.42. The first-order valence-electron chi connectivity index (χ1n) is 7.33. The number of ether oxygens (including phenoxy) is 1. The molecule has 2 aliphatic rings. The predicted molar refractivity (Wildman–Crippen MR) is 78.4 cm³/mol. The molecule has 1 amide bonds. The quantitative estimate of drug-likeness (QED) is 0.843. The fraction of sp³-hybridized carbons (Fsp3) is 0.533. The summed E-state index contributed by atoms with van der Waals surface area (Å²) in [4.78, 5) is 14.1. The Morgan fingerprint density at radius 1 is 1.22 bits per heavy atom. The zero-order valence-corrected chi connectivity index (χ0v) is 13.0. The van der Waals surface area contributed by atoms with Crippen molar-refractivity contribution in [3.63, 3.8) is 0 Å². The first-order chi connectivity index (χ1) is 10.8. The van der Waals surface area contributed by atoms with E-state index in [4.69, 9.17) is 0 Å². The van der Waals surface area contributed by atoms with E-state index >= 15 is 0 Å². The van der Waals surface area contributed by atoms with E-state index in [1.807, 2.05) is 0 Å². The van der Waals surface area contributed by atoms with E-state index in [0.717, 1.165) is 0 Å². The highest BCUT2D eigenvalue weighted by molar-refractivity contribution is 7.85. The van der Waals surface area contributed by atoms with Crippen LogP contribution in [-0.4, -0.2) is 46.0 Å². The molecule has 1 aliphatic heterocycles. The first-order valence-corrected chi connectivity index (χ1v) is 8.82. The summed E-state index contributed by atoms with van der Waals surface area (Å²) in [6.45, 7) is 0.907. The van der Waals surface area contributed by atoms with Crippen LogP contribution in [0.25, 0.3) is 0 Å². The average molecular weight is 347 g/mol. The van der Waals surface area contributed by atoms with E-state index in [0.29, 0.717) is 36.6 Å². The molecule has 0 spiro atoms. The van der Waals surface area contributed by atoms with Crippen LogP contribution in [0.2, 0.25) is 0 Å². The first kappa shape index (κ1) is 16.3. The minimum Gasteiger partial charge on any atom is -0.405 e. The zero-order valence-electron chi connectivity index (χ0n) is 12.2. The van der Waals surface area contributed by atoms with Gasteiger partial charge in [0.15, 0.2) is 0 Å². The molecule has 0 bridgehead atoms. The molecule has 1 saturated heterocycles. The van der Waals surface area contributed by atoms with E-state index in [1.54, 1.807) is 17.0 Å². The number of benzene rings is 1. The number of nitrogens with zero attached hydrogens (tertiary/aromatic N) is 1. The van der Waals surface area contributed by atoms with Crippen molar-refractivity contribution in [2.24, 2.45) is 5.92 Å². The Balaban J connectivity index is 1.68. The number of para-hydroxylation sites is 1. The smallest absolute Gasteiger partial charge is 0.405 e.